The molecule has 2 bridgehead atoms. The number of hydrogen-bond donors (Lipinski definition) is 1. The van der Waals surface area contributed by atoms with Gasteiger partial charge in [0.05, 0.1) is 4.90 Å². The van der Waals surface area contributed by atoms with Gasteiger partial charge in [-0.05, 0) is 56.1 Å². The van der Waals surface area contributed by atoms with E-state index >= 15 is 0 Å². The fraction of sp³-hybridized carbons (Fsp3) is 0.611. The number of nitrogens with zero attached hydrogens (tertiary/aromatic N) is 2. The van der Waals surface area contributed by atoms with Crippen molar-refractivity contribution < 1.29 is 13.2 Å². The lowest BCUT2D eigenvalue weighted by Gasteiger charge is -2.44. The molecular weight excluding hydrogens is 338 g/mol. The number of benzene rings is 1. The Morgan fingerprint density at radius 3 is 2.24 bits per heavy atom. The number of carbonyl (C=O) groups is 1. The molecule has 138 valence electrons. The number of fused-ring (bicyclic) bond motifs is 3. The van der Waals surface area contributed by atoms with Crippen LogP contribution in [-0.4, -0.2) is 62.3 Å². The molecule has 1 N–H and O–H groups in total. The number of hydrogen-bond acceptors (Lipinski definition) is 4. The van der Waals surface area contributed by atoms with Crippen molar-refractivity contribution in [2.24, 2.45) is 5.92 Å². The molecule has 3 fully saturated rings. The average molecular weight is 365 g/mol. The van der Waals surface area contributed by atoms with E-state index in [9.17, 15) is 13.2 Å². The topological polar surface area (TPSA) is 69.7 Å². The van der Waals surface area contributed by atoms with E-state index in [-0.39, 0.29) is 16.8 Å². The number of amides is 1. The second-order valence-electron chi connectivity index (χ2n) is 6.83. The molecule has 0 aliphatic carbocycles. The van der Waals surface area contributed by atoms with Gasteiger partial charge in [0.2, 0.25) is 10.0 Å². The molecule has 6 nitrogen and oxygen atoms in total. The number of nitrogens with one attached hydrogen (secondary N) is 1. The number of carbonyl (C=O) groups excluding carboxylic acids is 1. The third kappa shape index (κ3) is 3.73. The number of piperidine rings is 3. The van der Waals surface area contributed by atoms with Crippen molar-refractivity contribution in [1.82, 2.24) is 14.5 Å². The van der Waals surface area contributed by atoms with E-state index in [1.54, 1.807) is 12.1 Å². The van der Waals surface area contributed by atoms with Gasteiger partial charge >= 0.3 is 0 Å². The highest BCUT2D eigenvalue weighted by atomic mass is 32.2. The second kappa shape index (κ2) is 7.43. The first-order chi connectivity index (χ1) is 12.0. The van der Waals surface area contributed by atoms with Crippen molar-refractivity contribution in [1.29, 1.82) is 0 Å². The molecule has 7 heteroatoms. The van der Waals surface area contributed by atoms with Crippen LogP contribution >= 0.6 is 0 Å². The maximum absolute atomic E-state index is 12.5. The largest absolute Gasteiger partial charge is 0.348 e. The van der Waals surface area contributed by atoms with E-state index in [1.807, 2.05) is 13.8 Å². The van der Waals surface area contributed by atoms with Crippen LogP contribution in [0.5, 0.6) is 0 Å². The van der Waals surface area contributed by atoms with E-state index in [2.05, 4.69) is 10.2 Å². The summed E-state index contributed by atoms with van der Waals surface area (Å²) < 4.78 is 26.4. The second-order valence-corrected chi connectivity index (χ2v) is 8.77. The van der Waals surface area contributed by atoms with Gasteiger partial charge in [-0.2, -0.15) is 4.31 Å². The Kier molecular flexibility index (Phi) is 5.46. The Labute approximate surface area is 150 Å². The maximum atomic E-state index is 12.5. The summed E-state index contributed by atoms with van der Waals surface area (Å²) in [6, 6.07) is 6.47. The molecule has 3 aliphatic heterocycles. The summed E-state index contributed by atoms with van der Waals surface area (Å²) in [5.41, 5.74) is 0.509. The fourth-order valence-electron chi connectivity index (χ4n) is 3.87. The summed E-state index contributed by atoms with van der Waals surface area (Å²) in [7, 11) is -3.48. The molecule has 0 saturated carbocycles. The molecular formula is C18H27N3O3S. The van der Waals surface area contributed by atoms with Gasteiger partial charge in [-0.15, -0.1) is 0 Å². The van der Waals surface area contributed by atoms with Gasteiger partial charge in [-0.25, -0.2) is 8.42 Å². The molecule has 4 rings (SSSR count). The van der Waals surface area contributed by atoms with Gasteiger partial charge in [0.15, 0.2) is 0 Å². The minimum atomic E-state index is -3.48. The van der Waals surface area contributed by atoms with E-state index in [4.69, 9.17) is 0 Å². The van der Waals surface area contributed by atoms with Gasteiger partial charge in [0.25, 0.3) is 5.91 Å². The molecule has 0 spiro atoms. The van der Waals surface area contributed by atoms with Crippen LogP contribution in [0.3, 0.4) is 0 Å². The smallest absolute Gasteiger partial charge is 0.251 e. The van der Waals surface area contributed by atoms with Crippen molar-refractivity contribution >= 4 is 15.9 Å². The van der Waals surface area contributed by atoms with Crippen LogP contribution in [0.1, 0.15) is 37.0 Å². The highest BCUT2D eigenvalue weighted by molar-refractivity contribution is 7.89. The summed E-state index contributed by atoms with van der Waals surface area (Å²) in [5, 5.41) is 3.13. The van der Waals surface area contributed by atoms with Crippen LogP contribution in [0.4, 0.5) is 0 Å². The summed E-state index contributed by atoms with van der Waals surface area (Å²) in [6.45, 7) is 7.68. The molecule has 3 aliphatic rings. The normalized spacial score (nSPS) is 26.0. The van der Waals surface area contributed by atoms with Crippen molar-refractivity contribution in [2.45, 2.75) is 37.6 Å². The Morgan fingerprint density at radius 1 is 1.16 bits per heavy atom. The summed E-state index contributed by atoms with van der Waals surface area (Å²) in [5.74, 6) is 0.446. The lowest BCUT2D eigenvalue weighted by Crippen LogP contribution is -2.57. The summed E-state index contributed by atoms with van der Waals surface area (Å²) in [6.07, 6.45) is 2.29. The van der Waals surface area contributed by atoms with E-state index in [0.717, 1.165) is 32.5 Å². The standard InChI is InChI=1S/C18H27N3O3S/c1-3-21(4-2)25(23,24)16-7-5-15(6-8-16)18(22)19-17-13-20-11-9-14(17)10-12-20/h5-8,14,17H,3-4,9-13H2,1-2H3,(H,19,22)/t17-/m1/s1. The molecule has 1 aromatic rings. The van der Waals surface area contributed by atoms with Crippen LogP contribution in [0.15, 0.2) is 29.2 Å². The van der Waals surface area contributed by atoms with Crippen molar-refractivity contribution in [3.8, 4) is 0 Å². The van der Waals surface area contributed by atoms with Gasteiger partial charge in [-0.3, -0.25) is 4.79 Å². The fourth-order valence-corrected chi connectivity index (χ4v) is 5.33. The van der Waals surface area contributed by atoms with E-state index in [1.165, 1.54) is 16.4 Å². The minimum absolute atomic E-state index is 0.120. The number of rotatable bonds is 6. The molecule has 3 saturated heterocycles. The SMILES string of the molecule is CCN(CC)S(=O)(=O)c1ccc(C(=O)N[C@@H]2CN3CCC2CC3)cc1. The minimum Gasteiger partial charge on any atom is -0.348 e. The molecule has 0 aromatic heterocycles. The van der Waals surface area contributed by atoms with Gasteiger partial charge in [0.1, 0.15) is 0 Å². The monoisotopic (exact) mass is 365 g/mol. The molecule has 0 unspecified atom stereocenters. The predicted molar refractivity (Wildman–Crippen MR) is 97.0 cm³/mol. The first kappa shape index (κ1) is 18.4. The zero-order valence-corrected chi connectivity index (χ0v) is 15.8. The highest BCUT2D eigenvalue weighted by Crippen LogP contribution is 2.27. The van der Waals surface area contributed by atoms with Gasteiger partial charge < -0.3 is 10.2 Å². The Bertz CT molecular complexity index is 706. The Balaban J connectivity index is 1.69. The Morgan fingerprint density at radius 2 is 1.76 bits per heavy atom. The Hall–Kier alpha value is -1.44. The van der Waals surface area contributed by atoms with Crippen LogP contribution < -0.4 is 5.32 Å². The first-order valence-electron chi connectivity index (χ1n) is 9.09. The molecule has 1 amide bonds. The molecule has 1 atom stereocenters. The van der Waals surface area contributed by atoms with Gasteiger partial charge in [-0.1, -0.05) is 13.8 Å². The molecule has 25 heavy (non-hydrogen) atoms. The molecule has 0 radical (unpaired) electrons. The van der Waals surface area contributed by atoms with Crippen molar-refractivity contribution in [2.75, 3.05) is 32.7 Å². The van der Waals surface area contributed by atoms with Crippen LogP contribution in [0.2, 0.25) is 0 Å². The van der Waals surface area contributed by atoms with Crippen LogP contribution in [0.25, 0.3) is 0 Å². The van der Waals surface area contributed by atoms with Gasteiger partial charge in [0, 0.05) is 31.2 Å². The van der Waals surface area contributed by atoms with Crippen LogP contribution in [0, 0.1) is 5.92 Å². The average Bonchev–Trinajstić information content (AvgIpc) is 2.63. The lowest BCUT2D eigenvalue weighted by molar-refractivity contribution is 0.0620. The molecule has 3 heterocycles. The predicted octanol–water partition coefficient (Wildman–Crippen LogP) is 1.54. The highest BCUT2D eigenvalue weighted by Gasteiger charge is 2.35. The maximum Gasteiger partial charge on any atom is 0.251 e. The van der Waals surface area contributed by atoms with Crippen molar-refractivity contribution in [3.05, 3.63) is 29.8 Å². The third-order valence-electron chi connectivity index (χ3n) is 5.43. The number of sulfonamides is 1. The van der Waals surface area contributed by atoms with E-state index in [0.29, 0.717) is 24.6 Å². The van der Waals surface area contributed by atoms with E-state index < -0.39 is 10.0 Å². The third-order valence-corrected chi connectivity index (χ3v) is 7.50. The van der Waals surface area contributed by atoms with Crippen LogP contribution in [-0.2, 0) is 10.0 Å². The zero-order chi connectivity index (χ0) is 18.0. The van der Waals surface area contributed by atoms with Crippen molar-refractivity contribution in [3.63, 3.8) is 0 Å². The zero-order valence-electron chi connectivity index (χ0n) is 14.9. The molecule has 1 aromatic carbocycles. The first-order valence-corrected chi connectivity index (χ1v) is 10.5. The quantitative estimate of drug-likeness (QED) is 0.830. The summed E-state index contributed by atoms with van der Waals surface area (Å²) in [4.78, 5) is 15.1. The summed E-state index contributed by atoms with van der Waals surface area (Å²) >= 11 is 0. The lowest BCUT2D eigenvalue weighted by atomic mass is 9.84.